The number of carboxylic acid groups (broad SMARTS) is 1. The Balaban J connectivity index is 3.03. The molecule has 0 amide bonds. The van der Waals surface area contributed by atoms with Crippen LogP contribution in [0.1, 0.15) is 18.4 Å². The van der Waals surface area contributed by atoms with E-state index in [4.69, 9.17) is 14.6 Å². The number of ether oxygens (including phenoxy) is 2. The summed E-state index contributed by atoms with van der Waals surface area (Å²) in [5, 5.41) is 8.53. The third kappa shape index (κ3) is 3.09. The van der Waals surface area contributed by atoms with Gasteiger partial charge in [0, 0.05) is 12.0 Å². The first-order chi connectivity index (χ1) is 8.51. The maximum absolute atomic E-state index is 13.4. The number of aryl methyl sites for hydroxylation is 1. The summed E-state index contributed by atoms with van der Waals surface area (Å²) in [6.45, 7) is 0. The van der Waals surface area contributed by atoms with Crippen molar-refractivity contribution in [2.24, 2.45) is 0 Å². The van der Waals surface area contributed by atoms with Crippen LogP contribution in [0.4, 0.5) is 8.78 Å². The van der Waals surface area contributed by atoms with E-state index in [9.17, 15) is 13.6 Å². The zero-order chi connectivity index (χ0) is 13.7. The Hall–Kier alpha value is -1.85. The Bertz CT molecular complexity index is 446. The lowest BCUT2D eigenvalue weighted by molar-refractivity contribution is -0.137. The van der Waals surface area contributed by atoms with Crippen molar-refractivity contribution in [1.29, 1.82) is 0 Å². The molecule has 0 aliphatic carbocycles. The van der Waals surface area contributed by atoms with E-state index < -0.39 is 17.6 Å². The van der Waals surface area contributed by atoms with E-state index in [2.05, 4.69) is 0 Å². The van der Waals surface area contributed by atoms with Gasteiger partial charge in [0.05, 0.1) is 14.2 Å². The van der Waals surface area contributed by atoms with Gasteiger partial charge in [0.25, 0.3) is 0 Å². The maximum atomic E-state index is 13.4. The Morgan fingerprint density at radius 3 is 2.39 bits per heavy atom. The van der Waals surface area contributed by atoms with Gasteiger partial charge in [-0.25, -0.2) is 4.39 Å². The first-order valence-electron chi connectivity index (χ1n) is 5.31. The number of carboxylic acids is 1. The smallest absolute Gasteiger partial charge is 0.303 e. The summed E-state index contributed by atoms with van der Waals surface area (Å²) in [5.74, 6) is -3.30. The molecule has 0 atom stereocenters. The first-order valence-corrected chi connectivity index (χ1v) is 5.31. The van der Waals surface area contributed by atoms with Crippen molar-refractivity contribution in [3.63, 3.8) is 0 Å². The molecule has 0 bridgehead atoms. The molecule has 0 heterocycles. The predicted molar refractivity (Wildman–Crippen MR) is 60.0 cm³/mol. The lowest BCUT2D eigenvalue weighted by Crippen LogP contribution is -2.03. The van der Waals surface area contributed by atoms with Gasteiger partial charge in [-0.05, 0) is 18.9 Å². The molecule has 0 saturated carbocycles. The fourth-order valence-electron chi connectivity index (χ4n) is 1.66. The summed E-state index contributed by atoms with van der Waals surface area (Å²) in [6.07, 6.45) is 0.521. The molecule has 0 radical (unpaired) electrons. The van der Waals surface area contributed by atoms with Gasteiger partial charge in [-0.15, -0.1) is 0 Å². The number of benzene rings is 1. The van der Waals surface area contributed by atoms with E-state index >= 15 is 0 Å². The monoisotopic (exact) mass is 260 g/mol. The summed E-state index contributed by atoms with van der Waals surface area (Å²) < 4.78 is 36.4. The van der Waals surface area contributed by atoms with Gasteiger partial charge in [0.15, 0.2) is 17.3 Å². The number of aliphatic carboxylic acids is 1. The average molecular weight is 260 g/mol. The van der Waals surface area contributed by atoms with Crippen LogP contribution in [0.2, 0.25) is 0 Å². The predicted octanol–water partition coefficient (Wildman–Crippen LogP) is 2.39. The van der Waals surface area contributed by atoms with Gasteiger partial charge in [0.1, 0.15) is 0 Å². The number of hydrogen-bond acceptors (Lipinski definition) is 3. The highest BCUT2D eigenvalue weighted by Gasteiger charge is 2.19. The van der Waals surface area contributed by atoms with Gasteiger partial charge in [-0.2, -0.15) is 4.39 Å². The first kappa shape index (κ1) is 14.2. The van der Waals surface area contributed by atoms with Crippen LogP contribution in [-0.4, -0.2) is 25.3 Å². The minimum Gasteiger partial charge on any atom is -0.492 e. The quantitative estimate of drug-likeness (QED) is 0.853. The normalized spacial score (nSPS) is 10.2. The molecule has 0 unspecified atom stereocenters. The lowest BCUT2D eigenvalue weighted by atomic mass is 10.1. The van der Waals surface area contributed by atoms with E-state index in [0.29, 0.717) is 12.0 Å². The average Bonchev–Trinajstić information content (AvgIpc) is 2.32. The van der Waals surface area contributed by atoms with Crippen molar-refractivity contribution >= 4 is 5.97 Å². The molecule has 1 rings (SSSR count). The molecule has 1 aromatic carbocycles. The van der Waals surface area contributed by atoms with Crippen LogP contribution < -0.4 is 9.47 Å². The largest absolute Gasteiger partial charge is 0.492 e. The van der Waals surface area contributed by atoms with Gasteiger partial charge in [-0.1, -0.05) is 0 Å². The van der Waals surface area contributed by atoms with Gasteiger partial charge in [0.2, 0.25) is 5.82 Å². The summed E-state index contributed by atoms with van der Waals surface area (Å²) in [7, 11) is 2.53. The Morgan fingerprint density at radius 1 is 1.28 bits per heavy atom. The van der Waals surface area contributed by atoms with Crippen LogP contribution >= 0.6 is 0 Å². The second kappa shape index (κ2) is 6.18. The zero-order valence-corrected chi connectivity index (χ0v) is 10.1. The van der Waals surface area contributed by atoms with E-state index in [1.54, 1.807) is 0 Å². The van der Waals surface area contributed by atoms with Gasteiger partial charge in [-0.3, -0.25) is 4.79 Å². The summed E-state index contributed by atoms with van der Waals surface area (Å²) in [4.78, 5) is 10.4. The maximum Gasteiger partial charge on any atom is 0.303 e. The second-order valence-corrected chi connectivity index (χ2v) is 3.65. The minimum absolute atomic E-state index is 0.0511. The van der Waals surface area contributed by atoms with E-state index in [-0.39, 0.29) is 24.3 Å². The zero-order valence-electron chi connectivity index (χ0n) is 10.1. The van der Waals surface area contributed by atoms with Gasteiger partial charge < -0.3 is 14.6 Å². The van der Waals surface area contributed by atoms with Crippen molar-refractivity contribution in [3.8, 4) is 11.5 Å². The highest BCUT2D eigenvalue weighted by atomic mass is 19.2. The molecule has 100 valence electrons. The molecule has 18 heavy (non-hydrogen) atoms. The summed E-state index contributed by atoms with van der Waals surface area (Å²) in [5.41, 5.74) is 0.384. The SMILES string of the molecule is COc1c(CCCC(=O)O)cc(F)c(F)c1OC. The van der Waals surface area contributed by atoms with Crippen LogP contribution in [0.25, 0.3) is 0 Å². The molecule has 4 nitrogen and oxygen atoms in total. The van der Waals surface area contributed by atoms with Crippen LogP contribution in [0.5, 0.6) is 11.5 Å². The number of rotatable bonds is 6. The van der Waals surface area contributed by atoms with E-state index in [1.165, 1.54) is 14.2 Å². The molecule has 1 N–H and O–H groups in total. The summed E-state index contributed by atoms with van der Waals surface area (Å²) >= 11 is 0. The fourth-order valence-corrected chi connectivity index (χ4v) is 1.66. The minimum atomic E-state index is -1.11. The van der Waals surface area contributed by atoms with Crippen molar-refractivity contribution < 1.29 is 28.2 Å². The molecule has 0 aliphatic rings. The molecule has 1 aromatic rings. The molecular formula is C12H14F2O4. The molecule has 0 saturated heterocycles. The topological polar surface area (TPSA) is 55.8 Å². The lowest BCUT2D eigenvalue weighted by Gasteiger charge is -2.13. The molecular weight excluding hydrogens is 246 g/mol. The second-order valence-electron chi connectivity index (χ2n) is 3.65. The highest BCUT2D eigenvalue weighted by Crippen LogP contribution is 2.36. The number of methoxy groups -OCH3 is 2. The highest BCUT2D eigenvalue weighted by molar-refractivity contribution is 5.66. The Labute approximate surface area is 103 Å². The number of hydrogen-bond donors (Lipinski definition) is 1. The standard InChI is InChI=1S/C12H14F2O4/c1-17-11-7(4-3-5-9(15)16)6-8(13)10(14)12(11)18-2/h6H,3-5H2,1-2H3,(H,15,16). The van der Waals surface area contributed by atoms with Gasteiger partial charge >= 0.3 is 5.97 Å². The van der Waals surface area contributed by atoms with E-state index in [1.807, 2.05) is 0 Å². The Morgan fingerprint density at radius 2 is 1.89 bits per heavy atom. The number of carbonyl (C=O) groups is 1. The molecule has 0 aromatic heterocycles. The van der Waals surface area contributed by atoms with Crippen LogP contribution in [0.3, 0.4) is 0 Å². The third-order valence-electron chi connectivity index (χ3n) is 2.45. The van der Waals surface area contributed by atoms with Crippen molar-refractivity contribution in [2.45, 2.75) is 19.3 Å². The number of halogens is 2. The molecule has 0 aliphatic heterocycles. The molecule has 6 heteroatoms. The molecule has 0 fully saturated rings. The Kier molecular flexibility index (Phi) is 4.88. The van der Waals surface area contributed by atoms with E-state index in [0.717, 1.165) is 6.07 Å². The van der Waals surface area contributed by atoms with Crippen molar-refractivity contribution in [1.82, 2.24) is 0 Å². The van der Waals surface area contributed by atoms with Crippen molar-refractivity contribution in [3.05, 3.63) is 23.3 Å². The van der Waals surface area contributed by atoms with Crippen molar-refractivity contribution in [2.75, 3.05) is 14.2 Å². The van der Waals surface area contributed by atoms with Crippen LogP contribution in [0.15, 0.2) is 6.07 Å². The van der Waals surface area contributed by atoms with Crippen LogP contribution in [-0.2, 0) is 11.2 Å². The van der Waals surface area contributed by atoms with Crippen LogP contribution in [0, 0.1) is 11.6 Å². The molecule has 0 spiro atoms. The third-order valence-corrected chi connectivity index (χ3v) is 2.45. The fraction of sp³-hybridized carbons (Fsp3) is 0.417. The summed E-state index contributed by atoms with van der Waals surface area (Å²) in [6, 6.07) is 0.999.